The van der Waals surface area contributed by atoms with Crippen LogP contribution in [0.2, 0.25) is 0 Å². The first kappa shape index (κ1) is 12.0. The first-order valence-corrected chi connectivity index (χ1v) is 5.29. The monoisotopic (exact) mass is 245 g/mol. The smallest absolute Gasteiger partial charge is 0.348 e. The summed E-state index contributed by atoms with van der Waals surface area (Å²) >= 11 is 0. The molecule has 6 heteroatoms. The number of pyridine rings is 1. The summed E-state index contributed by atoms with van der Waals surface area (Å²) in [5, 5.41) is 9.01. The van der Waals surface area contributed by atoms with Gasteiger partial charge in [-0.15, -0.1) is 0 Å². The molecule has 2 aromatic rings. The summed E-state index contributed by atoms with van der Waals surface area (Å²) in [5.74, 6) is -1.06. The Bertz CT molecular complexity index is 649. The van der Waals surface area contributed by atoms with Crippen LogP contribution in [0.3, 0.4) is 0 Å². The zero-order chi connectivity index (χ0) is 13.1. The van der Waals surface area contributed by atoms with Gasteiger partial charge in [-0.2, -0.15) is 4.98 Å². The topological polar surface area (TPSA) is 85.1 Å². The molecule has 0 radical (unpaired) electrons. The zero-order valence-electron chi connectivity index (χ0n) is 9.70. The van der Waals surface area contributed by atoms with Crippen LogP contribution in [0.15, 0.2) is 35.4 Å². The van der Waals surface area contributed by atoms with Crippen LogP contribution < -0.4 is 5.69 Å². The summed E-state index contributed by atoms with van der Waals surface area (Å²) in [7, 11) is 0. The molecular formula is C12H11N3O3. The lowest BCUT2D eigenvalue weighted by atomic mass is 10.2. The third-order valence-corrected chi connectivity index (χ3v) is 2.45. The molecular weight excluding hydrogens is 234 g/mol. The molecule has 0 aliphatic heterocycles. The van der Waals surface area contributed by atoms with Crippen molar-refractivity contribution in [2.24, 2.45) is 0 Å². The van der Waals surface area contributed by atoms with Gasteiger partial charge in [-0.05, 0) is 25.1 Å². The van der Waals surface area contributed by atoms with E-state index < -0.39 is 11.7 Å². The van der Waals surface area contributed by atoms with Crippen molar-refractivity contribution in [1.82, 2.24) is 14.5 Å². The summed E-state index contributed by atoms with van der Waals surface area (Å²) in [6, 6.07) is 4.69. The van der Waals surface area contributed by atoms with Crippen LogP contribution >= 0.6 is 0 Å². The molecule has 0 fully saturated rings. The Labute approximate surface area is 103 Å². The van der Waals surface area contributed by atoms with Crippen LogP contribution in [-0.4, -0.2) is 25.6 Å². The Morgan fingerprint density at radius 2 is 2.22 bits per heavy atom. The lowest BCUT2D eigenvalue weighted by Gasteiger charge is -2.07. The van der Waals surface area contributed by atoms with E-state index in [0.717, 1.165) is 0 Å². The number of aromatic carboxylic acids is 1. The van der Waals surface area contributed by atoms with Gasteiger partial charge in [-0.25, -0.2) is 9.59 Å². The fourth-order valence-corrected chi connectivity index (χ4v) is 1.55. The second-order valence-electron chi connectivity index (χ2n) is 3.78. The number of nitrogens with zero attached hydrogens (tertiary/aromatic N) is 3. The van der Waals surface area contributed by atoms with E-state index in [-0.39, 0.29) is 12.1 Å². The van der Waals surface area contributed by atoms with Crippen LogP contribution in [0.5, 0.6) is 0 Å². The predicted molar refractivity (Wildman–Crippen MR) is 63.5 cm³/mol. The molecule has 0 amide bonds. The van der Waals surface area contributed by atoms with Crippen molar-refractivity contribution in [3.8, 4) is 0 Å². The number of hydrogen-bond acceptors (Lipinski definition) is 4. The van der Waals surface area contributed by atoms with E-state index in [1.807, 2.05) is 0 Å². The maximum Gasteiger partial charge on any atom is 0.348 e. The van der Waals surface area contributed by atoms with E-state index in [2.05, 4.69) is 9.97 Å². The van der Waals surface area contributed by atoms with Crippen molar-refractivity contribution in [2.45, 2.75) is 13.5 Å². The van der Waals surface area contributed by atoms with Gasteiger partial charge in [0, 0.05) is 18.1 Å². The second kappa shape index (κ2) is 4.79. The average Bonchev–Trinajstić information content (AvgIpc) is 2.33. The fourth-order valence-electron chi connectivity index (χ4n) is 1.55. The molecule has 0 saturated carbocycles. The number of carboxylic acids is 1. The normalized spacial score (nSPS) is 10.3. The number of hydrogen-bond donors (Lipinski definition) is 1. The Balaban J connectivity index is 2.40. The van der Waals surface area contributed by atoms with E-state index in [9.17, 15) is 9.59 Å². The number of aryl methyl sites for hydroxylation is 1. The Kier molecular flexibility index (Phi) is 3.18. The molecule has 6 nitrogen and oxygen atoms in total. The van der Waals surface area contributed by atoms with Gasteiger partial charge < -0.3 is 5.11 Å². The molecule has 0 aromatic carbocycles. The molecule has 0 atom stereocenters. The lowest BCUT2D eigenvalue weighted by molar-refractivity contribution is 0.0695. The highest BCUT2D eigenvalue weighted by Gasteiger charge is 2.11. The number of rotatable bonds is 3. The Morgan fingerprint density at radius 3 is 2.89 bits per heavy atom. The molecule has 2 heterocycles. The molecule has 18 heavy (non-hydrogen) atoms. The molecule has 0 aliphatic carbocycles. The van der Waals surface area contributed by atoms with Crippen LogP contribution in [0, 0.1) is 6.92 Å². The van der Waals surface area contributed by atoms with Crippen molar-refractivity contribution >= 4 is 5.97 Å². The SMILES string of the molecule is Cc1ccn(Cc2ncccc2C(=O)O)c(=O)n1. The highest BCUT2D eigenvalue weighted by molar-refractivity contribution is 5.88. The third-order valence-electron chi connectivity index (χ3n) is 2.45. The molecule has 0 unspecified atom stereocenters. The van der Waals surface area contributed by atoms with Gasteiger partial charge in [0.25, 0.3) is 0 Å². The third kappa shape index (κ3) is 2.42. The molecule has 0 bridgehead atoms. The quantitative estimate of drug-likeness (QED) is 0.860. The van der Waals surface area contributed by atoms with Gasteiger partial charge in [0.05, 0.1) is 17.8 Å². The van der Waals surface area contributed by atoms with Crippen molar-refractivity contribution in [1.29, 1.82) is 0 Å². The van der Waals surface area contributed by atoms with Crippen molar-refractivity contribution in [2.75, 3.05) is 0 Å². The highest BCUT2D eigenvalue weighted by atomic mass is 16.4. The van der Waals surface area contributed by atoms with Crippen LogP contribution in [0.25, 0.3) is 0 Å². The van der Waals surface area contributed by atoms with Crippen LogP contribution in [0.4, 0.5) is 0 Å². The van der Waals surface area contributed by atoms with E-state index in [0.29, 0.717) is 11.4 Å². The van der Waals surface area contributed by atoms with Gasteiger partial charge in [0.1, 0.15) is 0 Å². The minimum absolute atomic E-state index is 0.0879. The summed E-state index contributed by atoms with van der Waals surface area (Å²) < 4.78 is 1.32. The Morgan fingerprint density at radius 1 is 1.44 bits per heavy atom. The summed E-state index contributed by atoms with van der Waals surface area (Å²) in [5.41, 5.74) is 0.621. The fraction of sp³-hybridized carbons (Fsp3) is 0.167. The molecule has 2 aromatic heterocycles. The predicted octanol–water partition coefficient (Wildman–Crippen LogP) is 0.693. The molecule has 2 rings (SSSR count). The number of carbonyl (C=O) groups is 1. The molecule has 1 N–H and O–H groups in total. The van der Waals surface area contributed by atoms with Gasteiger partial charge in [0.2, 0.25) is 0 Å². The van der Waals surface area contributed by atoms with Gasteiger partial charge in [-0.1, -0.05) is 0 Å². The summed E-state index contributed by atoms with van der Waals surface area (Å²) in [4.78, 5) is 30.4. The molecule has 92 valence electrons. The van der Waals surface area contributed by atoms with Gasteiger partial charge >= 0.3 is 11.7 Å². The van der Waals surface area contributed by atoms with Crippen molar-refractivity contribution in [3.63, 3.8) is 0 Å². The first-order chi connectivity index (χ1) is 8.58. The highest BCUT2D eigenvalue weighted by Crippen LogP contribution is 2.06. The minimum atomic E-state index is -1.06. The summed E-state index contributed by atoms with van der Waals surface area (Å²) in [6.07, 6.45) is 3.07. The number of aromatic nitrogens is 3. The molecule has 0 spiro atoms. The standard InChI is InChI=1S/C12H11N3O3/c1-8-4-6-15(12(18)14-8)7-10-9(11(16)17)3-2-5-13-10/h2-6H,7H2,1H3,(H,16,17). The lowest BCUT2D eigenvalue weighted by Crippen LogP contribution is -2.24. The number of carboxylic acid groups (broad SMARTS) is 1. The first-order valence-electron chi connectivity index (χ1n) is 5.29. The van der Waals surface area contributed by atoms with E-state index in [1.165, 1.54) is 16.8 Å². The van der Waals surface area contributed by atoms with Crippen LogP contribution in [-0.2, 0) is 6.54 Å². The molecule has 0 aliphatic rings. The van der Waals surface area contributed by atoms with Gasteiger partial charge in [-0.3, -0.25) is 9.55 Å². The largest absolute Gasteiger partial charge is 0.478 e. The van der Waals surface area contributed by atoms with E-state index in [4.69, 9.17) is 5.11 Å². The van der Waals surface area contributed by atoms with Crippen molar-refractivity contribution < 1.29 is 9.90 Å². The zero-order valence-corrected chi connectivity index (χ0v) is 9.70. The molecule has 0 saturated heterocycles. The van der Waals surface area contributed by atoms with E-state index in [1.54, 1.807) is 25.3 Å². The van der Waals surface area contributed by atoms with Crippen LogP contribution in [0.1, 0.15) is 21.7 Å². The second-order valence-corrected chi connectivity index (χ2v) is 3.78. The minimum Gasteiger partial charge on any atom is -0.478 e. The average molecular weight is 245 g/mol. The van der Waals surface area contributed by atoms with E-state index >= 15 is 0 Å². The van der Waals surface area contributed by atoms with Crippen molar-refractivity contribution in [3.05, 3.63) is 58.0 Å². The Hall–Kier alpha value is -2.50. The maximum atomic E-state index is 11.6. The maximum absolute atomic E-state index is 11.6. The van der Waals surface area contributed by atoms with Gasteiger partial charge in [0.15, 0.2) is 0 Å². The summed E-state index contributed by atoms with van der Waals surface area (Å²) in [6.45, 7) is 1.81.